The second-order valence-corrected chi connectivity index (χ2v) is 6.88. The molecule has 0 aliphatic rings. The van der Waals surface area contributed by atoms with E-state index in [9.17, 15) is 9.59 Å². The maximum absolute atomic E-state index is 12.6. The van der Waals surface area contributed by atoms with E-state index in [2.05, 4.69) is 19.2 Å². The molecule has 0 radical (unpaired) electrons. The van der Waals surface area contributed by atoms with Crippen molar-refractivity contribution in [3.63, 3.8) is 0 Å². The van der Waals surface area contributed by atoms with Gasteiger partial charge >= 0.3 is 0 Å². The Balaban J connectivity index is 2.09. The van der Waals surface area contributed by atoms with Gasteiger partial charge in [-0.15, -0.1) is 0 Å². The van der Waals surface area contributed by atoms with Gasteiger partial charge in [0, 0.05) is 25.3 Å². The van der Waals surface area contributed by atoms with Crippen molar-refractivity contribution in [3.05, 3.63) is 59.7 Å². The van der Waals surface area contributed by atoms with Crippen LogP contribution in [-0.2, 0) is 4.79 Å². The van der Waals surface area contributed by atoms with E-state index < -0.39 is 6.10 Å². The number of carbonyl (C=O) groups is 2. The standard InChI is InChI=1S/C22H28N2O3/c1-6-15(2)19-12-7-8-13-20(19)27-16(3)21(25)23-18-11-9-10-17(14-18)22(26)24(4)5/h7-16H,6H2,1-5H3,(H,23,25). The Morgan fingerprint density at radius 2 is 1.78 bits per heavy atom. The molecule has 0 saturated carbocycles. The molecule has 0 spiro atoms. The predicted molar refractivity (Wildman–Crippen MR) is 108 cm³/mol. The first-order valence-corrected chi connectivity index (χ1v) is 9.21. The quantitative estimate of drug-likeness (QED) is 0.792. The first kappa shape index (κ1) is 20.5. The summed E-state index contributed by atoms with van der Waals surface area (Å²) in [6.07, 6.45) is 0.330. The SMILES string of the molecule is CCC(C)c1ccccc1OC(C)C(=O)Nc1cccc(C(=O)N(C)C)c1. The second kappa shape index (κ2) is 9.21. The van der Waals surface area contributed by atoms with E-state index in [0.29, 0.717) is 17.2 Å². The molecule has 2 rings (SSSR count). The molecule has 0 aliphatic heterocycles. The van der Waals surface area contributed by atoms with Gasteiger partial charge in [-0.2, -0.15) is 0 Å². The molecule has 144 valence electrons. The lowest BCUT2D eigenvalue weighted by molar-refractivity contribution is -0.122. The fourth-order valence-electron chi connectivity index (χ4n) is 2.69. The average molecular weight is 368 g/mol. The maximum Gasteiger partial charge on any atom is 0.265 e. The van der Waals surface area contributed by atoms with E-state index in [0.717, 1.165) is 17.7 Å². The summed E-state index contributed by atoms with van der Waals surface area (Å²) < 4.78 is 5.93. The molecule has 2 atom stereocenters. The van der Waals surface area contributed by atoms with Crippen molar-refractivity contribution in [1.29, 1.82) is 0 Å². The van der Waals surface area contributed by atoms with E-state index in [1.54, 1.807) is 45.3 Å². The number of nitrogens with zero attached hydrogens (tertiary/aromatic N) is 1. The maximum atomic E-state index is 12.6. The van der Waals surface area contributed by atoms with Gasteiger partial charge in [0.1, 0.15) is 5.75 Å². The van der Waals surface area contributed by atoms with Gasteiger partial charge in [0.15, 0.2) is 6.10 Å². The van der Waals surface area contributed by atoms with Crippen LogP contribution in [0.5, 0.6) is 5.75 Å². The van der Waals surface area contributed by atoms with Crippen LogP contribution < -0.4 is 10.1 Å². The van der Waals surface area contributed by atoms with Gasteiger partial charge in [-0.3, -0.25) is 9.59 Å². The molecular weight excluding hydrogens is 340 g/mol. The number of para-hydroxylation sites is 1. The Labute approximate surface area is 161 Å². The summed E-state index contributed by atoms with van der Waals surface area (Å²) in [5, 5.41) is 2.82. The number of carbonyl (C=O) groups excluding carboxylic acids is 2. The Morgan fingerprint density at radius 3 is 2.44 bits per heavy atom. The van der Waals surface area contributed by atoms with Gasteiger partial charge in [-0.1, -0.05) is 38.1 Å². The molecular formula is C22H28N2O3. The lowest BCUT2D eigenvalue weighted by Crippen LogP contribution is -2.30. The van der Waals surface area contributed by atoms with Crippen LogP contribution in [0.15, 0.2) is 48.5 Å². The van der Waals surface area contributed by atoms with Crippen LogP contribution in [0.1, 0.15) is 49.0 Å². The molecule has 0 heterocycles. The molecule has 0 aromatic heterocycles. The summed E-state index contributed by atoms with van der Waals surface area (Å²) in [6.45, 7) is 5.98. The lowest BCUT2D eigenvalue weighted by atomic mass is 9.98. The summed E-state index contributed by atoms with van der Waals surface area (Å²) >= 11 is 0. The zero-order valence-electron chi connectivity index (χ0n) is 16.7. The number of amides is 2. The van der Waals surface area contributed by atoms with Gasteiger partial charge in [-0.05, 0) is 49.1 Å². The number of benzene rings is 2. The second-order valence-electron chi connectivity index (χ2n) is 6.88. The highest BCUT2D eigenvalue weighted by Crippen LogP contribution is 2.29. The third kappa shape index (κ3) is 5.33. The molecule has 5 heteroatoms. The first-order chi connectivity index (χ1) is 12.8. The Bertz CT molecular complexity index is 802. The number of ether oxygens (including phenoxy) is 1. The van der Waals surface area contributed by atoms with E-state index in [4.69, 9.17) is 4.74 Å². The van der Waals surface area contributed by atoms with Crippen LogP contribution in [0.25, 0.3) is 0 Å². The zero-order valence-corrected chi connectivity index (χ0v) is 16.7. The Morgan fingerprint density at radius 1 is 1.07 bits per heavy atom. The smallest absolute Gasteiger partial charge is 0.265 e. The number of hydrogen-bond donors (Lipinski definition) is 1. The van der Waals surface area contributed by atoms with Crippen LogP contribution >= 0.6 is 0 Å². The van der Waals surface area contributed by atoms with E-state index >= 15 is 0 Å². The minimum Gasteiger partial charge on any atom is -0.481 e. The van der Waals surface area contributed by atoms with Gasteiger partial charge in [0.25, 0.3) is 11.8 Å². The summed E-state index contributed by atoms with van der Waals surface area (Å²) in [5.74, 6) is 0.706. The van der Waals surface area contributed by atoms with Gasteiger partial charge in [-0.25, -0.2) is 0 Å². The highest BCUT2D eigenvalue weighted by Gasteiger charge is 2.18. The summed E-state index contributed by atoms with van der Waals surface area (Å²) in [5.41, 5.74) is 2.19. The van der Waals surface area contributed by atoms with Crippen LogP contribution in [-0.4, -0.2) is 36.9 Å². The molecule has 2 amide bonds. The number of hydrogen-bond acceptors (Lipinski definition) is 3. The summed E-state index contributed by atoms with van der Waals surface area (Å²) in [6, 6.07) is 14.7. The third-order valence-electron chi connectivity index (χ3n) is 4.52. The molecule has 2 aromatic rings. The van der Waals surface area contributed by atoms with Crippen molar-refractivity contribution < 1.29 is 14.3 Å². The summed E-state index contributed by atoms with van der Waals surface area (Å²) in [7, 11) is 3.39. The normalized spacial score (nSPS) is 12.8. The topological polar surface area (TPSA) is 58.6 Å². The fraction of sp³-hybridized carbons (Fsp3) is 0.364. The van der Waals surface area contributed by atoms with Crippen molar-refractivity contribution in [3.8, 4) is 5.75 Å². The van der Waals surface area contributed by atoms with Crippen LogP contribution in [0.3, 0.4) is 0 Å². The highest BCUT2D eigenvalue weighted by molar-refractivity contribution is 5.98. The van der Waals surface area contributed by atoms with E-state index in [1.807, 2.05) is 24.3 Å². The summed E-state index contributed by atoms with van der Waals surface area (Å²) in [4.78, 5) is 26.1. The van der Waals surface area contributed by atoms with E-state index in [-0.39, 0.29) is 11.8 Å². The Hall–Kier alpha value is -2.82. The number of nitrogens with one attached hydrogen (secondary N) is 1. The van der Waals surface area contributed by atoms with Crippen molar-refractivity contribution in [2.45, 2.75) is 39.2 Å². The minimum absolute atomic E-state index is 0.113. The van der Waals surface area contributed by atoms with Crippen LogP contribution in [0.4, 0.5) is 5.69 Å². The zero-order chi connectivity index (χ0) is 20.0. The van der Waals surface area contributed by atoms with Crippen molar-refractivity contribution in [1.82, 2.24) is 4.90 Å². The largest absolute Gasteiger partial charge is 0.481 e. The molecule has 1 N–H and O–H groups in total. The molecule has 0 aliphatic carbocycles. The van der Waals surface area contributed by atoms with Crippen molar-refractivity contribution >= 4 is 17.5 Å². The molecule has 5 nitrogen and oxygen atoms in total. The number of rotatable bonds is 7. The molecule has 0 fully saturated rings. The fourth-order valence-corrected chi connectivity index (χ4v) is 2.69. The minimum atomic E-state index is -0.664. The lowest BCUT2D eigenvalue weighted by Gasteiger charge is -2.20. The Kier molecular flexibility index (Phi) is 6.99. The van der Waals surface area contributed by atoms with Gasteiger partial charge < -0.3 is 15.0 Å². The van der Waals surface area contributed by atoms with Crippen LogP contribution in [0.2, 0.25) is 0 Å². The number of anilines is 1. The third-order valence-corrected chi connectivity index (χ3v) is 4.52. The molecule has 2 unspecified atom stereocenters. The van der Waals surface area contributed by atoms with E-state index in [1.165, 1.54) is 4.90 Å². The molecule has 27 heavy (non-hydrogen) atoms. The molecule has 0 saturated heterocycles. The average Bonchev–Trinajstić information content (AvgIpc) is 2.67. The predicted octanol–water partition coefficient (Wildman–Crippen LogP) is 4.31. The van der Waals surface area contributed by atoms with Gasteiger partial charge in [0.2, 0.25) is 0 Å². The van der Waals surface area contributed by atoms with Crippen LogP contribution in [0, 0.1) is 0 Å². The highest BCUT2D eigenvalue weighted by atomic mass is 16.5. The molecule has 2 aromatic carbocycles. The van der Waals surface area contributed by atoms with Crippen molar-refractivity contribution in [2.24, 2.45) is 0 Å². The first-order valence-electron chi connectivity index (χ1n) is 9.21. The monoisotopic (exact) mass is 368 g/mol. The van der Waals surface area contributed by atoms with Crippen molar-refractivity contribution in [2.75, 3.05) is 19.4 Å². The van der Waals surface area contributed by atoms with Gasteiger partial charge in [0.05, 0.1) is 0 Å². The molecule has 0 bridgehead atoms.